The highest BCUT2D eigenvalue weighted by molar-refractivity contribution is 6.39. The van der Waals surface area contributed by atoms with Gasteiger partial charge in [0.15, 0.2) is 0 Å². The maximum absolute atomic E-state index is 13.3. The van der Waals surface area contributed by atoms with Crippen molar-refractivity contribution in [1.29, 1.82) is 0 Å². The lowest BCUT2D eigenvalue weighted by molar-refractivity contribution is -0.179. The molecule has 4 rings (SSSR count). The zero-order valence-electron chi connectivity index (χ0n) is 25.4. The van der Waals surface area contributed by atoms with E-state index in [1.807, 2.05) is 0 Å². The molecular weight excluding hydrogens is 622 g/mol. The Bertz CT molecular complexity index is 1550. The molecule has 0 bridgehead atoms. The normalized spacial score (nSPS) is 14.6. The van der Waals surface area contributed by atoms with E-state index >= 15 is 0 Å². The van der Waals surface area contributed by atoms with Crippen molar-refractivity contribution in [3.8, 4) is 0 Å². The predicted molar refractivity (Wildman–Crippen MR) is 165 cm³/mol. The Morgan fingerprint density at radius 1 is 1.14 bits per heavy atom. The number of anilines is 3. The number of esters is 1. The van der Waals surface area contributed by atoms with Crippen molar-refractivity contribution < 1.29 is 32.2 Å². The van der Waals surface area contributed by atoms with Crippen LogP contribution < -0.4 is 10.2 Å². The Hall–Kier alpha value is -3.38. The third-order valence-electron chi connectivity index (χ3n) is 7.31. The number of hydrogen-bond donors (Lipinski definition) is 1. The molecule has 0 unspecified atom stereocenters. The lowest BCUT2D eigenvalue weighted by atomic mass is 9.95. The summed E-state index contributed by atoms with van der Waals surface area (Å²) in [7, 11) is 3.35. The van der Waals surface area contributed by atoms with Crippen molar-refractivity contribution in [2.75, 3.05) is 37.0 Å². The minimum atomic E-state index is -4.26. The third kappa shape index (κ3) is 7.46. The quantitative estimate of drug-likeness (QED) is 0.258. The Balaban J connectivity index is 1.67. The summed E-state index contributed by atoms with van der Waals surface area (Å²) < 4.78 is 52.4. The van der Waals surface area contributed by atoms with E-state index in [0.29, 0.717) is 38.9 Å². The molecule has 1 fully saturated rings. The molecule has 0 aliphatic carbocycles. The van der Waals surface area contributed by atoms with E-state index in [1.54, 1.807) is 75.5 Å². The molecule has 1 aromatic heterocycles. The fraction of sp³-hybridized carbons (Fsp3) is 0.500. The molecule has 9 nitrogen and oxygen atoms in total. The second-order valence-corrected chi connectivity index (χ2v) is 12.5. The second-order valence-electron chi connectivity index (χ2n) is 11.7. The van der Waals surface area contributed by atoms with Crippen molar-refractivity contribution in [3.05, 3.63) is 45.4 Å². The summed E-state index contributed by atoms with van der Waals surface area (Å²) in [5.74, 6) is -1.62. The molecule has 1 amide bonds. The van der Waals surface area contributed by atoms with Crippen molar-refractivity contribution in [2.24, 2.45) is 13.0 Å². The second kappa shape index (κ2) is 12.9. The summed E-state index contributed by atoms with van der Waals surface area (Å²) in [6, 6.07) is 6.69. The van der Waals surface area contributed by atoms with Crippen molar-refractivity contribution in [1.82, 2.24) is 14.5 Å². The number of aryl methyl sites for hydroxylation is 1. The van der Waals surface area contributed by atoms with Crippen LogP contribution in [0.15, 0.2) is 24.3 Å². The van der Waals surface area contributed by atoms with Crippen LogP contribution in [-0.4, -0.2) is 65.0 Å². The molecular formula is C30H36Cl2F3N5O4. The van der Waals surface area contributed by atoms with E-state index in [1.165, 1.54) is 4.90 Å². The molecule has 0 radical (unpaired) electrons. The fourth-order valence-electron chi connectivity index (χ4n) is 5.02. The van der Waals surface area contributed by atoms with Crippen LogP contribution in [0.3, 0.4) is 0 Å². The molecule has 2 aromatic carbocycles. The molecule has 1 aliphatic rings. The number of ether oxygens (including phenoxy) is 2. The van der Waals surface area contributed by atoms with Gasteiger partial charge in [-0.25, -0.2) is 14.6 Å². The lowest BCUT2D eigenvalue weighted by Crippen LogP contribution is -2.39. The van der Waals surface area contributed by atoms with Gasteiger partial charge in [0.25, 0.3) is 0 Å². The third-order valence-corrected chi connectivity index (χ3v) is 8.06. The minimum Gasteiger partial charge on any atom is -0.462 e. The first-order valence-corrected chi connectivity index (χ1v) is 14.9. The van der Waals surface area contributed by atoms with Crippen LogP contribution >= 0.6 is 23.2 Å². The predicted octanol–water partition coefficient (Wildman–Crippen LogP) is 7.95. The number of carbonyl (C=O) groups excluding carboxylic acids is 2. The van der Waals surface area contributed by atoms with Gasteiger partial charge in [0, 0.05) is 27.2 Å². The molecule has 3 aromatic rings. The van der Waals surface area contributed by atoms with E-state index in [-0.39, 0.29) is 49.7 Å². The van der Waals surface area contributed by atoms with Gasteiger partial charge >= 0.3 is 18.2 Å². The fourth-order valence-corrected chi connectivity index (χ4v) is 5.55. The number of fused-ring (bicyclic) bond motifs is 1. The molecule has 0 saturated carbocycles. The number of aromatic nitrogens is 2. The summed E-state index contributed by atoms with van der Waals surface area (Å²) in [5.41, 5.74) is 2.10. The molecule has 1 saturated heterocycles. The van der Waals surface area contributed by atoms with Gasteiger partial charge in [-0.05, 0) is 64.3 Å². The van der Waals surface area contributed by atoms with E-state index in [9.17, 15) is 22.8 Å². The Morgan fingerprint density at radius 2 is 1.80 bits per heavy atom. The Labute approximate surface area is 264 Å². The van der Waals surface area contributed by atoms with Crippen LogP contribution in [0.2, 0.25) is 10.0 Å². The summed E-state index contributed by atoms with van der Waals surface area (Å²) >= 11 is 13.3. The van der Waals surface area contributed by atoms with Crippen LogP contribution in [0.25, 0.3) is 11.0 Å². The van der Waals surface area contributed by atoms with Crippen molar-refractivity contribution >= 4 is 63.6 Å². The monoisotopic (exact) mass is 657 g/mol. The van der Waals surface area contributed by atoms with E-state index in [4.69, 9.17) is 32.7 Å². The SMILES string of the molecule is CCOC(=O)c1cc2nc(Nc3c(Cl)ccc(CN(C)C(=O)OC(C)(C)C)c3Cl)n(C)c2cc1N1CCC(C(F)(F)F)CC1. The van der Waals surface area contributed by atoms with Gasteiger partial charge < -0.3 is 29.2 Å². The van der Waals surface area contributed by atoms with Crippen LogP contribution in [0.4, 0.5) is 35.3 Å². The molecule has 1 aliphatic heterocycles. The van der Waals surface area contributed by atoms with Crippen LogP contribution in [-0.2, 0) is 23.1 Å². The molecule has 2 heterocycles. The summed E-state index contributed by atoms with van der Waals surface area (Å²) in [6.07, 6.45) is -4.91. The highest BCUT2D eigenvalue weighted by Gasteiger charge is 2.41. The number of piperidine rings is 1. The van der Waals surface area contributed by atoms with Gasteiger partial charge in [-0.1, -0.05) is 29.3 Å². The first-order valence-electron chi connectivity index (χ1n) is 14.2. The molecule has 14 heteroatoms. The topological polar surface area (TPSA) is 88.9 Å². The number of nitrogens with zero attached hydrogens (tertiary/aromatic N) is 4. The lowest BCUT2D eigenvalue weighted by Gasteiger charge is -2.35. The number of amides is 1. The summed E-state index contributed by atoms with van der Waals surface area (Å²) in [6.45, 7) is 7.59. The van der Waals surface area contributed by atoms with E-state index in [2.05, 4.69) is 10.3 Å². The van der Waals surface area contributed by atoms with Crippen LogP contribution in [0, 0.1) is 5.92 Å². The van der Waals surface area contributed by atoms with Gasteiger partial charge in [-0.2, -0.15) is 13.2 Å². The van der Waals surface area contributed by atoms with Crippen molar-refractivity contribution in [2.45, 2.75) is 58.9 Å². The minimum absolute atomic E-state index is 0.0710. The molecule has 0 atom stereocenters. The number of benzene rings is 2. The van der Waals surface area contributed by atoms with Gasteiger partial charge in [0.2, 0.25) is 5.95 Å². The molecule has 1 N–H and O–H groups in total. The maximum atomic E-state index is 13.3. The van der Waals surface area contributed by atoms with Crippen LogP contribution in [0.5, 0.6) is 0 Å². The molecule has 44 heavy (non-hydrogen) atoms. The standard InChI is InChI=1S/C30H36Cl2F3N5O4/c1-7-43-26(41)19-14-21-23(15-22(19)40-12-10-18(11-13-40)30(33,34)35)39(6)27(36-21)37-25-20(31)9-8-17(24(25)32)16-38(5)28(42)44-29(2,3)4/h8-9,14-15,18H,7,10-13,16H2,1-6H3,(H,36,37). The van der Waals surface area contributed by atoms with Gasteiger partial charge in [-0.15, -0.1) is 0 Å². The Kier molecular flexibility index (Phi) is 9.84. The van der Waals surface area contributed by atoms with Crippen LogP contribution in [0.1, 0.15) is 56.5 Å². The number of alkyl halides is 3. The van der Waals surface area contributed by atoms with Gasteiger partial charge in [0.05, 0.1) is 57.1 Å². The first-order chi connectivity index (χ1) is 20.5. The number of nitrogens with one attached hydrogen (secondary N) is 1. The number of imidazole rings is 1. The largest absolute Gasteiger partial charge is 0.462 e. The van der Waals surface area contributed by atoms with Gasteiger partial charge in [-0.3, -0.25) is 0 Å². The molecule has 240 valence electrons. The van der Waals surface area contributed by atoms with E-state index < -0.39 is 29.8 Å². The number of hydrogen-bond acceptors (Lipinski definition) is 7. The average molecular weight is 659 g/mol. The highest BCUT2D eigenvalue weighted by Crippen LogP contribution is 2.39. The summed E-state index contributed by atoms with van der Waals surface area (Å²) in [5, 5.41) is 3.76. The van der Waals surface area contributed by atoms with Crippen molar-refractivity contribution in [3.63, 3.8) is 0 Å². The molecule has 0 spiro atoms. The zero-order chi connectivity index (χ0) is 32.6. The number of carbonyl (C=O) groups is 2. The number of rotatable bonds is 7. The first kappa shape index (κ1) is 33.5. The maximum Gasteiger partial charge on any atom is 0.410 e. The summed E-state index contributed by atoms with van der Waals surface area (Å²) in [4.78, 5) is 33.3. The highest BCUT2D eigenvalue weighted by atomic mass is 35.5. The van der Waals surface area contributed by atoms with Gasteiger partial charge in [0.1, 0.15) is 5.60 Å². The van der Waals surface area contributed by atoms with E-state index in [0.717, 1.165) is 0 Å². The number of halogens is 5. The zero-order valence-corrected chi connectivity index (χ0v) is 27.0. The average Bonchev–Trinajstić information content (AvgIpc) is 3.24. The Morgan fingerprint density at radius 3 is 2.39 bits per heavy atom. The smallest absolute Gasteiger partial charge is 0.410 e.